The molecule has 11 heteroatoms. The third kappa shape index (κ3) is 4.58. The van der Waals surface area contributed by atoms with Crippen LogP contribution in [0.4, 0.5) is 20.6 Å². The summed E-state index contributed by atoms with van der Waals surface area (Å²) in [4.78, 5) is 11.8. The Bertz CT molecular complexity index is 1040. The second-order valence-electron chi connectivity index (χ2n) is 6.45. The molecule has 2 aromatic rings. The van der Waals surface area contributed by atoms with Gasteiger partial charge in [0.15, 0.2) is 15.6 Å². The van der Waals surface area contributed by atoms with E-state index in [-0.39, 0.29) is 21.4 Å². The summed E-state index contributed by atoms with van der Waals surface area (Å²) in [7, 11) is -3.92. The number of hydrogen-bond donors (Lipinski definition) is 4. The quantitative estimate of drug-likeness (QED) is 0.514. The van der Waals surface area contributed by atoms with E-state index in [1.807, 2.05) is 0 Å². The number of nitrogens with one attached hydrogen (secondary N) is 3. The van der Waals surface area contributed by atoms with Crippen LogP contribution in [0.1, 0.15) is 12.8 Å². The minimum absolute atomic E-state index is 0.0140. The fraction of sp³-hybridized carbons (Fsp3) is 0.278. The van der Waals surface area contributed by atoms with Gasteiger partial charge < -0.3 is 21.1 Å². The standard InChI is InChI=1S/C18H18Cl2FN3O4S/c19-11-4-5-14(24-18(26)23-13-3-1-2-12(21)15(13)20)16(25)17(11)29(27,28)10-6-8-22-9-7-10/h1-5,10,22,25H,6-9H2,(H2,23,24,26). The van der Waals surface area contributed by atoms with Crippen molar-refractivity contribution < 1.29 is 22.7 Å². The zero-order valence-corrected chi connectivity index (χ0v) is 17.3. The molecular formula is C18H18Cl2FN3O4S. The summed E-state index contributed by atoms with van der Waals surface area (Å²) in [5.41, 5.74) is -0.146. The van der Waals surface area contributed by atoms with E-state index in [2.05, 4.69) is 16.0 Å². The molecule has 0 atom stereocenters. The molecule has 0 unspecified atom stereocenters. The molecule has 0 radical (unpaired) electrons. The van der Waals surface area contributed by atoms with Gasteiger partial charge in [-0.25, -0.2) is 17.6 Å². The molecule has 156 valence electrons. The first-order chi connectivity index (χ1) is 13.7. The molecule has 7 nitrogen and oxygen atoms in total. The molecule has 2 aromatic carbocycles. The second-order valence-corrected chi connectivity index (χ2v) is 9.40. The van der Waals surface area contributed by atoms with Gasteiger partial charge in [0.1, 0.15) is 10.7 Å². The molecule has 1 aliphatic rings. The summed E-state index contributed by atoms with van der Waals surface area (Å²) in [5.74, 6) is -1.37. The van der Waals surface area contributed by atoms with Crippen LogP contribution in [0.5, 0.6) is 5.75 Å². The highest BCUT2D eigenvalue weighted by Gasteiger charge is 2.34. The summed E-state index contributed by atoms with van der Waals surface area (Å²) < 4.78 is 39.5. The summed E-state index contributed by atoms with van der Waals surface area (Å²) in [6.45, 7) is 1.08. The van der Waals surface area contributed by atoms with Crippen molar-refractivity contribution in [2.75, 3.05) is 23.7 Å². The highest BCUT2D eigenvalue weighted by Crippen LogP contribution is 2.40. The zero-order chi connectivity index (χ0) is 21.2. The van der Waals surface area contributed by atoms with Crippen LogP contribution in [-0.4, -0.2) is 37.9 Å². The number of sulfone groups is 1. The van der Waals surface area contributed by atoms with Crippen molar-refractivity contribution >= 4 is 50.4 Å². The normalized spacial score (nSPS) is 15.1. The number of phenolic OH excluding ortho intramolecular Hbond substituents is 1. The fourth-order valence-electron chi connectivity index (χ4n) is 3.07. The van der Waals surface area contributed by atoms with Crippen LogP contribution in [0, 0.1) is 5.82 Å². The fourth-order valence-corrected chi connectivity index (χ4v) is 5.62. The number of piperidine rings is 1. The Kier molecular flexibility index (Phi) is 6.52. The highest BCUT2D eigenvalue weighted by atomic mass is 35.5. The Morgan fingerprint density at radius 3 is 2.45 bits per heavy atom. The van der Waals surface area contributed by atoms with Gasteiger partial charge in [-0.3, -0.25) is 0 Å². The molecule has 0 bridgehead atoms. The monoisotopic (exact) mass is 461 g/mol. The summed E-state index contributed by atoms with van der Waals surface area (Å²) in [5, 5.41) is 17.2. The van der Waals surface area contributed by atoms with Gasteiger partial charge in [-0.2, -0.15) is 0 Å². The number of phenols is 1. The van der Waals surface area contributed by atoms with Crippen LogP contribution in [0.3, 0.4) is 0 Å². The molecule has 29 heavy (non-hydrogen) atoms. The number of benzene rings is 2. The van der Waals surface area contributed by atoms with Crippen molar-refractivity contribution in [1.82, 2.24) is 5.32 Å². The Morgan fingerprint density at radius 2 is 1.76 bits per heavy atom. The molecule has 3 rings (SSSR count). The van der Waals surface area contributed by atoms with Gasteiger partial charge in [0, 0.05) is 0 Å². The lowest BCUT2D eigenvalue weighted by atomic mass is 10.2. The van der Waals surface area contributed by atoms with Crippen LogP contribution < -0.4 is 16.0 Å². The topological polar surface area (TPSA) is 108 Å². The third-order valence-corrected chi connectivity index (χ3v) is 7.68. The van der Waals surface area contributed by atoms with Crippen LogP contribution in [-0.2, 0) is 9.84 Å². The lowest BCUT2D eigenvalue weighted by Crippen LogP contribution is -2.36. The van der Waals surface area contributed by atoms with Gasteiger partial charge in [-0.1, -0.05) is 29.3 Å². The average Bonchev–Trinajstić information content (AvgIpc) is 2.68. The first kappa shape index (κ1) is 21.6. The molecule has 4 N–H and O–H groups in total. The van der Waals surface area contributed by atoms with Crippen molar-refractivity contribution in [3.63, 3.8) is 0 Å². The number of amides is 2. The number of carbonyl (C=O) groups excluding carboxylic acids is 1. The van der Waals surface area contributed by atoms with Crippen LogP contribution in [0.2, 0.25) is 10.0 Å². The van der Waals surface area contributed by atoms with E-state index in [0.717, 1.165) is 6.07 Å². The number of urea groups is 1. The number of anilines is 2. The van der Waals surface area contributed by atoms with Gasteiger partial charge in [-0.05, 0) is 50.2 Å². The number of halogens is 3. The van der Waals surface area contributed by atoms with E-state index < -0.39 is 37.6 Å². The zero-order valence-electron chi connectivity index (χ0n) is 15.0. The van der Waals surface area contributed by atoms with E-state index >= 15 is 0 Å². The van der Waals surface area contributed by atoms with E-state index in [1.165, 1.54) is 24.3 Å². The maximum Gasteiger partial charge on any atom is 0.323 e. The largest absolute Gasteiger partial charge is 0.504 e. The molecule has 0 aromatic heterocycles. The molecule has 1 fully saturated rings. The van der Waals surface area contributed by atoms with E-state index in [4.69, 9.17) is 23.2 Å². The van der Waals surface area contributed by atoms with Gasteiger partial charge in [0.2, 0.25) is 0 Å². The summed E-state index contributed by atoms with van der Waals surface area (Å²) >= 11 is 11.9. The lowest BCUT2D eigenvalue weighted by molar-refractivity contribution is 0.262. The maximum absolute atomic E-state index is 13.5. The van der Waals surface area contributed by atoms with Crippen molar-refractivity contribution in [2.24, 2.45) is 0 Å². The molecule has 2 amide bonds. The number of rotatable bonds is 4. The van der Waals surface area contributed by atoms with E-state index in [9.17, 15) is 22.7 Å². The molecular weight excluding hydrogens is 444 g/mol. The smallest absolute Gasteiger partial charge is 0.323 e. The Hall–Kier alpha value is -2.07. The molecule has 1 heterocycles. The highest BCUT2D eigenvalue weighted by molar-refractivity contribution is 7.92. The van der Waals surface area contributed by atoms with Gasteiger partial charge in [-0.15, -0.1) is 0 Å². The first-order valence-electron chi connectivity index (χ1n) is 8.70. The molecule has 0 aliphatic carbocycles. The summed E-state index contributed by atoms with van der Waals surface area (Å²) in [6.07, 6.45) is 0.766. The Morgan fingerprint density at radius 1 is 1.10 bits per heavy atom. The van der Waals surface area contributed by atoms with Gasteiger partial charge >= 0.3 is 6.03 Å². The Balaban J connectivity index is 1.87. The second kappa shape index (κ2) is 8.74. The van der Waals surface area contributed by atoms with Crippen molar-refractivity contribution in [2.45, 2.75) is 23.0 Å². The van der Waals surface area contributed by atoms with Crippen molar-refractivity contribution in [3.8, 4) is 5.75 Å². The van der Waals surface area contributed by atoms with E-state index in [1.54, 1.807) is 0 Å². The number of aromatic hydroxyl groups is 1. The lowest BCUT2D eigenvalue weighted by Gasteiger charge is -2.24. The van der Waals surface area contributed by atoms with Crippen LogP contribution >= 0.6 is 23.2 Å². The Labute approximate surface area is 177 Å². The predicted octanol–water partition coefficient (Wildman–Crippen LogP) is 4.01. The predicted molar refractivity (Wildman–Crippen MR) is 110 cm³/mol. The number of hydrogen-bond acceptors (Lipinski definition) is 5. The number of carbonyl (C=O) groups is 1. The van der Waals surface area contributed by atoms with Gasteiger partial charge in [0.05, 0.1) is 26.7 Å². The minimum Gasteiger partial charge on any atom is -0.504 e. The van der Waals surface area contributed by atoms with Crippen molar-refractivity contribution in [3.05, 3.63) is 46.2 Å². The molecule has 0 spiro atoms. The third-order valence-electron chi connectivity index (χ3n) is 4.54. The maximum atomic E-state index is 13.5. The first-order valence-corrected chi connectivity index (χ1v) is 11.0. The minimum atomic E-state index is -3.92. The van der Waals surface area contributed by atoms with E-state index in [0.29, 0.717) is 25.9 Å². The van der Waals surface area contributed by atoms with Crippen LogP contribution in [0.15, 0.2) is 35.2 Å². The average molecular weight is 462 g/mol. The van der Waals surface area contributed by atoms with Crippen molar-refractivity contribution in [1.29, 1.82) is 0 Å². The summed E-state index contributed by atoms with van der Waals surface area (Å²) in [6, 6.07) is 5.58. The molecule has 1 aliphatic heterocycles. The molecule has 0 saturated carbocycles. The molecule has 1 saturated heterocycles. The van der Waals surface area contributed by atoms with Gasteiger partial charge in [0.25, 0.3) is 0 Å². The SMILES string of the molecule is O=C(Nc1ccc(Cl)c(S(=O)(=O)C2CCNCC2)c1O)Nc1cccc(F)c1Cl. The van der Waals surface area contributed by atoms with Crippen LogP contribution in [0.25, 0.3) is 0 Å².